The van der Waals surface area contributed by atoms with Crippen molar-refractivity contribution in [1.82, 2.24) is 10.4 Å². The Labute approximate surface area is 133 Å². The van der Waals surface area contributed by atoms with Crippen LogP contribution in [0.3, 0.4) is 0 Å². The van der Waals surface area contributed by atoms with Crippen LogP contribution in [0, 0.1) is 0 Å². The fourth-order valence-electron chi connectivity index (χ4n) is 1.78. The number of halogens is 3. The molecule has 0 aliphatic carbocycles. The zero-order valence-corrected chi connectivity index (χ0v) is 13.8. The average molecular weight is 406 g/mol. The Bertz CT molecular complexity index is 560. The third kappa shape index (κ3) is 4.00. The van der Waals surface area contributed by atoms with Crippen LogP contribution in [0.4, 0.5) is 0 Å². The van der Waals surface area contributed by atoms with Gasteiger partial charge in [0.25, 0.3) is 0 Å². The minimum absolute atomic E-state index is 0.0275. The molecule has 0 radical (unpaired) electrons. The summed E-state index contributed by atoms with van der Waals surface area (Å²) in [5.74, 6) is 5.65. The average Bonchev–Trinajstić information content (AvgIpc) is 2.39. The maximum atomic E-state index is 5.94. The third-order valence-electron chi connectivity index (χ3n) is 2.74. The predicted molar refractivity (Wildman–Crippen MR) is 84.9 cm³/mol. The van der Waals surface area contributed by atoms with Crippen LogP contribution in [0.15, 0.2) is 45.5 Å². The van der Waals surface area contributed by atoms with Crippen molar-refractivity contribution in [3.8, 4) is 0 Å². The summed E-state index contributed by atoms with van der Waals surface area (Å²) < 4.78 is 1.89. The molecule has 3 nitrogen and oxygen atoms in total. The maximum absolute atomic E-state index is 5.94. The molecule has 6 heteroatoms. The van der Waals surface area contributed by atoms with Crippen molar-refractivity contribution in [1.29, 1.82) is 0 Å². The van der Waals surface area contributed by atoms with Gasteiger partial charge in [-0.2, -0.15) is 0 Å². The molecule has 0 aliphatic rings. The Hall–Kier alpha value is -0.460. The van der Waals surface area contributed by atoms with Crippen LogP contribution in [0.25, 0.3) is 0 Å². The minimum Gasteiger partial charge on any atom is -0.271 e. The first-order valence-corrected chi connectivity index (χ1v) is 7.58. The van der Waals surface area contributed by atoms with Gasteiger partial charge in [0.2, 0.25) is 0 Å². The van der Waals surface area contributed by atoms with E-state index in [9.17, 15) is 0 Å². The lowest BCUT2D eigenvalue weighted by Gasteiger charge is -2.17. The van der Waals surface area contributed by atoms with E-state index in [1.165, 1.54) is 0 Å². The number of aromatic nitrogens is 1. The fourth-order valence-corrected chi connectivity index (χ4v) is 2.97. The van der Waals surface area contributed by atoms with Crippen molar-refractivity contribution in [2.45, 2.75) is 12.5 Å². The predicted octanol–water partition coefficient (Wildman–Crippen LogP) is 4.01. The van der Waals surface area contributed by atoms with Crippen LogP contribution in [-0.2, 0) is 6.42 Å². The first kappa shape index (κ1) is 14.9. The second kappa shape index (κ2) is 6.81. The van der Waals surface area contributed by atoms with E-state index < -0.39 is 0 Å². The molecule has 2 aromatic rings. The Morgan fingerprint density at radius 2 is 2.05 bits per heavy atom. The summed E-state index contributed by atoms with van der Waals surface area (Å²) in [5.41, 5.74) is 4.84. The van der Waals surface area contributed by atoms with Gasteiger partial charge in [-0.3, -0.25) is 16.3 Å². The van der Waals surface area contributed by atoms with E-state index in [4.69, 9.17) is 17.4 Å². The summed E-state index contributed by atoms with van der Waals surface area (Å²) in [6, 6.07) is 9.57. The van der Waals surface area contributed by atoms with Crippen molar-refractivity contribution in [2.24, 2.45) is 5.84 Å². The maximum Gasteiger partial charge on any atom is 0.0526 e. The molecule has 0 fully saturated rings. The zero-order valence-electron chi connectivity index (χ0n) is 9.91. The highest BCUT2D eigenvalue weighted by Crippen LogP contribution is 2.28. The summed E-state index contributed by atoms with van der Waals surface area (Å²) >= 11 is 12.8. The first-order valence-electron chi connectivity index (χ1n) is 5.61. The van der Waals surface area contributed by atoms with E-state index >= 15 is 0 Å². The lowest BCUT2D eigenvalue weighted by atomic mass is 10.0. The third-order valence-corrected chi connectivity index (χ3v) is 4.13. The van der Waals surface area contributed by atoms with Crippen molar-refractivity contribution < 1.29 is 0 Å². The topological polar surface area (TPSA) is 50.9 Å². The van der Waals surface area contributed by atoms with Crippen LogP contribution < -0.4 is 11.3 Å². The molecular formula is C13H12Br2ClN3. The molecule has 0 saturated heterocycles. The van der Waals surface area contributed by atoms with Gasteiger partial charge in [-0.1, -0.05) is 33.6 Å². The standard InChI is InChI=1S/C13H12Br2ClN3/c14-8-1-3-10(18-7-8)6-13(19-17)11-4-2-9(16)5-12(11)15/h1-5,7,13,19H,6,17H2. The number of rotatable bonds is 4. The summed E-state index contributed by atoms with van der Waals surface area (Å²) in [7, 11) is 0. The summed E-state index contributed by atoms with van der Waals surface area (Å²) in [6.07, 6.45) is 2.48. The van der Waals surface area contributed by atoms with E-state index in [0.717, 1.165) is 20.2 Å². The second-order valence-corrected chi connectivity index (χ2v) is 6.26. The number of nitrogens with two attached hydrogens (primary N) is 1. The second-order valence-electron chi connectivity index (χ2n) is 4.06. The largest absolute Gasteiger partial charge is 0.271 e. The van der Waals surface area contributed by atoms with Crippen molar-refractivity contribution in [3.63, 3.8) is 0 Å². The van der Waals surface area contributed by atoms with Crippen LogP contribution in [0.1, 0.15) is 17.3 Å². The quantitative estimate of drug-likeness (QED) is 0.597. The molecule has 1 atom stereocenters. The number of nitrogens with one attached hydrogen (secondary N) is 1. The summed E-state index contributed by atoms with van der Waals surface area (Å²) in [4.78, 5) is 4.35. The molecular weight excluding hydrogens is 393 g/mol. The van der Waals surface area contributed by atoms with Gasteiger partial charge >= 0.3 is 0 Å². The lowest BCUT2D eigenvalue weighted by Crippen LogP contribution is -2.30. The zero-order chi connectivity index (χ0) is 13.8. The molecule has 1 aromatic carbocycles. The monoisotopic (exact) mass is 403 g/mol. The minimum atomic E-state index is -0.0275. The highest BCUT2D eigenvalue weighted by molar-refractivity contribution is 9.10. The van der Waals surface area contributed by atoms with E-state index in [-0.39, 0.29) is 6.04 Å². The first-order chi connectivity index (χ1) is 9.10. The molecule has 2 rings (SSSR count). The van der Waals surface area contributed by atoms with Crippen molar-refractivity contribution in [3.05, 3.63) is 61.8 Å². The Morgan fingerprint density at radius 3 is 2.63 bits per heavy atom. The molecule has 19 heavy (non-hydrogen) atoms. The number of hydrazine groups is 1. The van der Waals surface area contributed by atoms with Gasteiger partial charge in [0, 0.05) is 32.3 Å². The van der Waals surface area contributed by atoms with E-state index in [1.54, 1.807) is 6.20 Å². The molecule has 0 saturated carbocycles. The molecule has 0 amide bonds. The SMILES string of the molecule is NNC(Cc1ccc(Br)cn1)c1ccc(Cl)cc1Br. The Kier molecular flexibility index (Phi) is 5.36. The van der Waals surface area contributed by atoms with Gasteiger partial charge in [-0.15, -0.1) is 0 Å². The van der Waals surface area contributed by atoms with Crippen LogP contribution in [-0.4, -0.2) is 4.98 Å². The lowest BCUT2D eigenvalue weighted by molar-refractivity contribution is 0.544. The molecule has 1 heterocycles. The van der Waals surface area contributed by atoms with Gasteiger partial charge in [0.05, 0.1) is 6.04 Å². The fraction of sp³-hybridized carbons (Fsp3) is 0.154. The normalized spacial score (nSPS) is 12.4. The highest BCUT2D eigenvalue weighted by atomic mass is 79.9. The number of hydrogen-bond donors (Lipinski definition) is 2. The van der Waals surface area contributed by atoms with Gasteiger partial charge in [0.1, 0.15) is 0 Å². The molecule has 0 bridgehead atoms. The van der Waals surface area contributed by atoms with Crippen molar-refractivity contribution in [2.75, 3.05) is 0 Å². The van der Waals surface area contributed by atoms with Crippen LogP contribution in [0.2, 0.25) is 5.02 Å². The number of pyridine rings is 1. The highest BCUT2D eigenvalue weighted by Gasteiger charge is 2.14. The molecule has 100 valence electrons. The van der Waals surface area contributed by atoms with Crippen LogP contribution >= 0.6 is 43.5 Å². The molecule has 1 unspecified atom stereocenters. The smallest absolute Gasteiger partial charge is 0.0526 e. The Morgan fingerprint density at radius 1 is 1.26 bits per heavy atom. The van der Waals surface area contributed by atoms with E-state index in [1.807, 2.05) is 30.3 Å². The summed E-state index contributed by atoms with van der Waals surface area (Å²) in [6.45, 7) is 0. The Balaban J connectivity index is 2.22. The number of hydrogen-bond acceptors (Lipinski definition) is 3. The van der Waals surface area contributed by atoms with E-state index in [2.05, 4.69) is 42.3 Å². The van der Waals surface area contributed by atoms with Gasteiger partial charge in [-0.25, -0.2) is 0 Å². The van der Waals surface area contributed by atoms with E-state index in [0.29, 0.717) is 11.4 Å². The molecule has 3 N–H and O–H groups in total. The van der Waals surface area contributed by atoms with Crippen LogP contribution in [0.5, 0.6) is 0 Å². The van der Waals surface area contributed by atoms with Gasteiger partial charge < -0.3 is 0 Å². The number of benzene rings is 1. The molecule has 0 aliphatic heterocycles. The summed E-state index contributed by atoms with van der Waals surface area (Å²) in [5, 5.41) is 0.688. The van der Waals surface area contributed by atoms with Crippen molar-refractivity contribution >= 4 is 43.5 Å². The van der Waals surface area contributed by atoms with Gasteiger partial charge in [-0.05, 0) is 45.8 Å². The molecule has 1 aromatic heterocycles. The van der Waals surface area contributed by atoms with Gasteiger partial charge in [0.15, 0.2) is 0 Å². The number of nitrogens with zero attached hydrogens (tertiary/aromatic N) is 1. The molecule has 0 spiro atoms.